The number of hydrogen-bond acceptors (Lipinski definition) is 7. The van der Waals surface area contributed by atoms with Crippen molar-refractivity contribution in [2.45, 2.75) is 39.0 Å². The number of ether oxygens (including phenoxy) is 4. The van der Waals surface area contributed by atoms with Crippen LogP contribution in [0.15, 0.2) is 34.9 Å². The van der Waals surface area contributed by atoms with E-state index in [-0.39, 0.29) is 17.2 Å². The van der Waals surface area contributed by atoms with Gasteiger partial charge in [0.05, 0.1) is 29.8 Å². The summed E-state index contributed by atoms with van der Waals surface area (Å²) in [6.07, 6.45) is 1.69. The first-order valence-electron chi connectivity index (χ1n) is 9.53. The number of hydrogen-bond donors (Lipinski definition) is 1. The lowest BCUT2D eigenvalue weighted by atomic mass is 9.77. The van der Waals surface area contributed by atoms with Crippen molar-refractivity contribution < 1.29 is 28.5 Å². The van der Waals surface area contributed by atoms with E-state index in [1.54, 1.807) is 6.07 Å². The highest BCUT2D eigenvalue weighted by Crippen LogP contribution is 2.46. The Morgan fingerprint density at radius 2 is 1.97 bits per heavy atom. The van der Waals surface area contributed by atoms with Crippen molar-refractivity contribution in [3.05, 3.63) is 44.1 Å². The molecule has 1 heterocycles. The second kappa shape index (κ2) is 9.06. The second-order valence-corrected chi connectivity index (χ2v) is 7.78. The van der Waals surface area contributed by atoms with Gasteiger partial charge in [0.25, 0.3) is 0 Å². The largest absolute Gasteiger partial charge is 0.490 e. The Labute approximate surface area is 183 Å². The number of ketones is 1. The van der Waals surface area contributed by atoms with Crippen LogP contribution in [0.5, 0.6) is 11.5 Å². The van der Waals surface area contributed by atoms with Crippen molar-refractivity contribution in [1.82, 2.24) is 0 Å². The maximum absolute atomic E-state index is 12.8. The molecule has 0 aromatic heterocycles. The molecular formula is C21H24INO6. The van der Waals surface area contributed by atoms with Gasteiger partial charge >= 0.3 is 5.97 Å². The van der Waals surface area contributed by atoms with E-state index in [4.69, 9.17) is 24.7 Å². The number of Topliss-reactive ketones (excluding diaryl/α,β-unsaturated/α-hetero) is 1. The minimum atomic E-state index is -0.678. The van der Waals surface area contributed by atoms with Gasteiger partial charge in [-0.1, -0.05) is 0 Å². The Morgan fingerprint density at radius 3 is 2.62 bits per heavy atom. The number of methoxy groups -OCH3 is 1. The smallest absolute Gasteiger partial charge is 0.340 e. The van der Waals surface area contributed by atoms with E-state index in [1.807, 2.05) is 19.9 Å². The summed E-state index contributed by atoms with van der Waals surface area (Å²) in [5.74, 6) is 0.325. The lowest BCUT2D eigenvalue weighted by Gasteiger charge is -2.32. The number of esters is 1. The van der Waals surface area contributed by atoms with Crippen LogP contribution in [0.2, 0.25) is 0 Å². The zero-order valence-electron chi connectivity index (χ0n) is 16.7. The van der Waals surface area contributed by atoms with E-state index < -0.39 is 11.9 Å². The predicted molar refractivity (Wildman–Crippen MR) is 114 cm³/mol. The predicted octanol–water partition coefficient (Wildman–Crippen LogP) is 3.55. The van der Waals surface area contributed by atoms with Crippen LogP contribution < -0.4 is 15.2 Å². The first-order chi connectivity index (χ1) is 13.9. The summed E-state index contributed by atoms with van der Waals surface area (Å²) in [5, 5.41) is 0. The molecule has 1 aromatic rings. The lowest BCUT2D eigenvalue weighted by Crippen LogP contribution is -2.31. The molecule has 2 N–H and O–H groups in total. The van der Waals surface area contributed by atoms with Gasteiger partial charge in [0, 0.05) is 18.4 Å². The Morgan fingerprint density at radius 1 is 1.24 bits per heavy atom. The zero-order chi connectivity index (χ0) is 21.1. The van der Waals surface area contributed by atoms with Gasteiger partial charge in [0.1, 0.15) is 11.3 Å². The van der Waals surface area contributed by atoms with Crippen LogP contribution in [0.3, 0.4) is 0 Å². The summed E-state index contributed by atoms with van der Waals surface area (Å²) in [4.78, 5) is 25.4. The van der Waals surface area contributed by atoms with Gasteiger partial charge in [0.2, 0.25) is 5.88 Å². The summed E-state index contributed by atoms with van der Waals surface area (Å²) < 4.78 is 23.0. The normalized spacial score (nSPS) is 18.9. The number of allylic oxidation sites excluding steroid dienone is 2. The van der Waals surface area contributed by atoms with Gasteiger partial charge in [-0.15, -0.1) is 0 Å². The van der Waals surface area contributed by atoms with E-state index >= 15 is 0 Å². The molecule has 3 rings (SSSR count). The molecule has 29 heavy (non-hydrogen) atoms. The average Bonchev–Trinajstić information content (AvgIpc) is 2.69. The van der Waals surface area contributed by atoms with E-state index in [1.165, 1.54) is 7.11 Å². The molecule has 1 aromatic carbocycles. The molecule has 8 heteroatoms. The summed E-state index contributed by atoms with van der Waals surface area (Å²) in [6, 6.07) is 3.68. The highest BCUT2D eigenvalue weighted by atomic mass is 127. The maximum atomic E-state index is 12.8. The van der Waals surface area contributed by atoms with Crippen molar-refractivity contribution in [3.8, 4) is 11.5 Å². The minimum absolute atomic E-state index is 0.0304. The third kappa shape index (κ3) is 4.08. The Hall–Kier alpha value is -2.23. The molecule has 7 nitrogen and oxygen atoms in total. The standard InChI is InChI=1S/C21H24INO6/c1-4-27-15-10-11(9-12(22)19(15)28-5-2)16-17-13(24)7-6-8-14(17)29-20(23)18(16)21(25)26-3/h9-10,16H,4-8,23H2,1-3H3/t16-/m1/s1. The number of rotatable bonds is 6. The highest BCUT2D eigenvalue weighted by molar-refractivity contribution is 14.1. The minimum Gasteiger partial charge on any atom is -0.490 e. The molecule has 2 aliphatic rings. The van der Waals surface area contributed by atoms with E-state index in [0.717, 1.165) is 3.57 Å². The summed E-state index contributed by atoms with van der Waals surface area (Å²) in [7, 11) is 1.28. The van der Waals surface area contributed by atoms with Crippen molar-refractivity contribution >= 4 is 34.3 Å². The van der Waals surface area contributed by atoms with Gasteiger partial charge in [-0.3, -0.25) is 4.79 Å². The Balaban J connectivity index is 2.23. The van der Waals surface area contributed by atoms with Crippen LogP contribution >= 0.6 is 22.6 Å². The molecule has 0 saturated carbocycles. The monoisotopic (exact) mass is 513 g/mol. The molecule has 1 aliphatic heterocycles. The van der Waals surface area contributed by atoms with Crippen LogP contribution in [0, 0.1) is 3.57 Å². The molecule has 0 fully saturated rings. The molecule has 1 atom stereocenters. The van der Waals surface area contributed by atoms with Crippen molar-refractivity contribution in [2.75, 3.05) is 20.3 Å². The molecule has 0 saturated heterocycles. The number of benzene rings is 1. The fraction of sp³-hybridized carbons (Fsp3) is 0.429. The number of carbonyl (C=O) groups excluding carboxylic acids is 2. The first kappa shape index (κ1) is 21.5. The summed E-state index contributed by atoms with van der Waals surface area (Å²) in [6.45, 7) is 4.71. The zero-order valence-corrected chi connectivity index (χ0v) is 18.8. The molecule has 0 radical (unpaired) electrons. The molecule has 0 bridgehead atoms. The van der Waals surface area contributed by atoms with Crippen LogP contribution in [-0.2, 0) is 19.1 Å². The molecule has 156 valence electrons. The quantitative estimate of drug-likeness (QED) is 0.459. The lowest BCUT2D eigenvalue weighted by molar-refractivity contribution is -0.136. The summed E-state index contributed by atoms with van der Waals surface area (Å²) >= 11 is 2.16. The molecule has 1 aliphatic carbocycles. The molecule has 0 spiro atoms. The van der Waals surface area contributed by atoms with Gasteiger partial charge in [0.15, 0.2) is 17.3 Å². The molecule has 0 unspecified atom stereocenters. The van der Waals surface area contributed by atoms with Gasteiger partial charge in [-0.25, -0.2) is 4.79 Å². The summed E-state index contributed by atoms with van der Waals surface area (Å²) in [5.41, 5.74) is 7.40. The fourth-order valence-corrected chi connectivity index (χ4v) is 4.48. The fourth-order valence-electron chi connectivity index (χ4n) is 3.70. The van der Waals surface area contributed by atoms with Gasteiger partial charge in [-0.2, -0.15) is 0 Å². The number of nitrogens with two attached hydrogens (primary N) is 1. The molecular weight excluding hydrogens is 489 g/mol. The van der Waals surface area contributed by atoms with Gasteiger partial charge < -0.3 is 24.7 Å². The Bertz CT molecular complexity index is 905. The average molecular weight is 513 g/mol. The third-order valence-electron chi connectivity index (χ3n) is 4.84. The van der Waals surface area contributed by atoms with Gasteiger partial charge in [-0.05, 0) is 60.6 Å². The van der Waals surface area contributed by atoms with Crippen LogP contribution in [0.4, 0.5) is 0 Å². The molecule has 0 amide bonds. The number of carbonyl (C=O) groups is 2. The second-order valence-electron chi connectivity index (χ2n) is 6.61. The Kier molecular flexibility index (Phi) is 6.71. The van der Waals surface area contributed by atoms with Crippen molar-refractivity contribution in [1.29, 1.82) is 0 Å². The van der Waals surface area contributed by atoms with E-state index in [0.29, 0.717) is 60.9 Å². The van der Waals surface area contributed by atoms with Crippen LogP contribution in [0.1, 0.15) is 44.6 Å². The highest BCUT2D eigenvalue weighted by Gasteiger charge is 2.41. The van der Waals surface area contributed by atoms with E-state index in [2.05, 4.69) is 22.6 Å². The topological polar surface area (TPSA) is 97.1 Å². The third-order valence-corrected chi connectivity index (χ3v) is 5.64. The maximum Gasteiger partial charge on any atom is 0.340 e. The van der Waals surface area contributed by atoms with Crippen molar-refractivity contribution in [3.63, 3.8) is 0 Å². The first-order valence-corrected chi connectivity index (χ1v) is 10.6. The van der Waals surface area contributed by atoms with E-state index in [9.17, 15) is 9.59 Å². The SMILES string of the molecule is CCOc1cc([C@H]2C(C(=O)OC)=C(N)OC3=C2C(=O)CCC3)cc(I)c1OCC. The van der Waals surface area contributed by atoms with Crippen LogP contribution in [-0.4, -0.2) is 32.1 Å². The van der Waals surface area contributed by atoms with Crippen LogP contribution in [0.25, 0.3) is 0 Å². The van der Waals surface area contributed by atoms with Crippen molar-refractivity contribution in [2.24, 2.45) is 5.73 Å². The number of halogens is 1.